The molecular weight excluding hydrogens is 221 g/mol. The van der Waals surface area contributed by atoms with Gasteiger partial charge in [-0.15, -0.1) is 18.8 Å². The molecule has 0 heterocycles. The van der Waals surface area contributed by atoms with Crippen LogP contribution in [0.5, 0.6) is 0 Å². The molecule has 0 aromatic carbocycles. The molecule has 78 valence electrons. The first kappa shape index (κ1) is 13.7. The van der Waals surface area contributed by atoms with Crippen LogP contribution in [0.15, 0.2) is 12.7 Å². The van der Waals surface area contributed by atoms with E-state index in [1.165, 1.54) is 0 Å². The van der Waals surface area contributed by atoms with E-state index in [0.717, 1.165) is 11.0 Å². The van der Waals surface area contributed by atoms with Gasteiger partial charge in [0.1, 0.15) is 18.6 Å². The fraction of sp³-hybridized carbons (Fsp3) is 0.750. The van der Waals surface area contributed by atoms with Crippen molar-refractivity contribution in [3.63, 3.8) is 0 Å². The zero-order valence-electron chi connectivity index (χ0n) is 8.56. The van der Waals surface area contributed by atoms with Crippen molar-refractivity contribution in [2.24, 2.45) is 0 Å². The van der Waals surface area contributed by atoms with Crippen LogP contribution >= 0.6 is 17.7 Å². The minimum atomic E-state index is -1.88. The molecule has 0 saturated heterocycles. The van der Waals surface area contributed by atoms with E-state index in [2.05, 4.69) is 40.0 Å². The predicted octanol–water partition coefficient (Wildman–Crippen LogP) is 2.13. The van der Waals surface area contributed by atoms with E-state index in [4.69, 9.17) is 16.3 Å². The lowest BCUT2D eigenvalue weighted by Crippen LogP contribution is -2.37. The first-order chi connectivity index (χ1) is 5.77. The molecule has 2 nitrogen and oxygen atoms in total. The van der Waals surface area contributed by atoms with Crippen molar-refractivity contribution in [3.05, 3.63) is 12.7 Å². The van der Waals surface area contributed by atoms with Crippen LogP contribution in [0.2, 0.25) is 0 Å². The van der Waals surface area contributed by atoms with Gasteiger partial charge in [-0.2, -0.15) is 0 Å². The van der Waals surface area contributed by atoms with Crippen molar-refractivity contribution in [1.29, 1.82) is 0 Å². The van der Waals surface area contributed by atoms with Crippen LogP contribution in [-0.2, 0) is 16.3 Å². The van der Waals surface area contributed by atoms with E-state index >= 15 is 0 Å². The second-order valence-electron chi connectivity index (χ2n) is 3.96. The van der Waals surface area contributed by atoms with E-state index < -0.39 is 5.47 Å². The molecule has 0 radical (unpaired) electrons. The molecule has 5 heteroatoms. The lowest BCUT2D eigenvalue weighted by atomic mass is 10.5. The van der Waals surface area contributed by atoms with E-state index in [0.29, 0.717) is 12.8 Å². The maximum absolute atomic E-state index is 5.55. The number of quaternary nitrogens is 1. The Morgan fingerprint density at radius 3 is 2.46 bits per heavy atom. The van der Waals surface area contributed by atoms with Crippen molar-refractivity contribution in [2.45, 2.75) is 0 Å². The molecule has 0 aromatic heterocycles. The van der Waals surface area contributed by atoms with Gasteiger partial charge in [0.15, 0.2) is 0 Å². The SMILES string of the molecule is C=CCP(=S)(S)OCC[N+](C)(C)C. The summed E-state index contributed by atoms with van der Waals surface area (Å²) >= 11 is 9.53. The molecule has 0 bridgehead atoms. The topological polar surface area (TPSA) is 9.23 Å². The quantitative estimate of drug-likeness (QED) is 0.330. The van der Waals surface area contributed by atoms with Crippen LogP contribution in [-0.4, -0.2) is 44.9 Å². The molecule has 0 N–H and O–H groups in total. The third-order valence-electron chi connectivity index (χ3n) is 1.41. The zero-order chi connectivity index (χ0) is 10.5. The van der Waals surface area contributed by atoms with Gasteiger partial charge in [0.25, 0.3) is 0 Å². The molecule has 1 unspecified atom stereocenters. The maximum atomic E-state index is 5.55. The number of rotatable bonds is 6. The molecule has 0 amide bonds. The average molecular weight is 240 g/mol. The van der Waals surface area contributed by atoms with Crippen LogP contribution < -0.4 is 0 Å². The Morgan fingerprint density at radius 2 is 2.08 bits per heavy atom. The summed E-state index contributed by atoms with van der Waals surface area (Å²) in [4.78, 5) is 0. The third kappa shape index (κ3) is 8.98. The minimum absolute atomic E-state index is 0.679. The third-order valence-corrected chi connectivity index (χ3v) is 4.32. The van der Waals surface area contributed by atoms with Crippen LogP contribution in [0.25, 0.3) is 0 Å². The van der Waals surface area contributed by atoms with Crippen LogP contribution in [0.4, 0.5) is 0 Å². The molecule has 0 aliphatic carbocycles. The Balaban J connectivity index is 3.76. The van der Waals surface area contributed by atoms with Crippen molar-refractivity contribution in [2.75, 3.05) is 40.5 Å². The van der Waals surface area contributed by atoms with Crippen molar-refractivity contribution in [1.82, 2.24) is 0 Å². The number of likely N-dealkylation sites (N-methyl/N-ethyl adjacent to an activating group) is 1. The summed E-state index contributed by atoms with van der Waals surface area (Å²) in [6.45, 7) is 5.26. The van der Waals surface area contributed by atoms with Gasteiger partial charge >= 0.3 is 0 Å². The molecule has 0 fully saturated rings. The van der Waals surface area contributed by atoms with Crippen molar-refractivity contribution < 1.29 is 9.01 Å². The molecule has 1 atom stereocenters. The fourth-order valence-electron chi connectivity index (χ4n) is 0.673. The summed E-state index contributed by atoms with van der Waals surface area (Å²) in [6, 6.07) is 0. The summed E-state index contributed by atoms with van der Waals surface area (Å²) in [6.07, 6.45) is 2.47. The van der Waals surface area contributed by atoms with Gasteiger partial charge in [-0.05, 0) is 0 Å². The fourth-order valence-corrected chi connectivity index (χ4v) is 2.60. The van der Waals surface area contributed by atoms with Crippen LogP contribution in [0.1, 0.15) is 0 Å². The van der Waals surface area contributed by atoms with Gasteiger partial charge in [-0.25, -0.2) is 0 Å². The Bertz CT molecular complexity index is 213. The molecule has 0 saturated carbocycles. The van der Waals surface area contributed by atoms with Gasteiger partial charge < -0.3 is 9.01 Å². The molecule has 0 spiro atoms. The number of thiol groups is 1. The first-order valence-corrected chi connectivity index (χ1v) is 8.20. The molecule has 0 rings (SSSR count). The second-order valence-corrected chi connectivity index (χ2v) is 10.4. The van der Waals surface area contributed by atoms with E-state index in [1.807, 2.05) is 0 Å². The van der Waals surface area contributed by atoms with Crippen molar-refractivity contribution in [3.8, 4) is 0 Å². The molecule has 0 aromatic rings. The zero-order valence-corrected chi connectivity index (χ0v) is 11.2. The monoisotopic (exact) mass is 240 g/mol. The Labute approximate surface area is 91.8 Å². The lowest BCUT2D eigenvalue weighted by Gasteiger charge is -2.25. The van der Waals surface area contributed by atoms with Crippen LogP contribution in [0.3, 0.4) is 0 Å². The van der Waals surface area contributed by atoms with Crippen LogP contribution in [0, 0.1) is 0 Å². The first-order valence-electron chi connectivity index (χ1n) is 4.14. The number of hydrogen-bond acceptors (Lipinski definition) is 2. The highest BCUT2D eigenvalue weighted by Crippen LogP contribution is 2.51. The van der Waals surface area contributed by atoms with Gasteiger partial charge in [0.2, 0.25) is 0 Å². The number of hydrogen-bond donors (Lipinski definition) is 1. The number of nitrogens with zero attached hydrogens (tertiary/aromatic N) is 1. The molecule has 0 aliphatic heterocycles. The van der Waals surface area contributed by atoms with E-state index in [1.54, 1.807) is 6.08 Å². The molecule has 0 aliphatic rings. The summed E-state index contributed by atoms with van der Waals surface area (Å²) in [5, 5.41) is 0. The lowest BCUT2D eigenvalue weighted by molar-refractivity contribution is -0.870. The summed E-state index contributed by atoms with van der Waals surface area (Å²) in [5.41, 5.74) is -1.88. The standard InChI is InChI=1S/C8H18NOPS2/c1-5-8-11(12,13)10-7-6-9(2,3)4/h5H,1,6-8H2,2-4H3/p+1. The summed E-state index contributed by atoms with van der Waals surface area (Å²) in [7, 11) is 6.37. The highest BCUT2D eigenvalue weighted by atomic mass is 32.9. The Kier molecular flexibility index (Phi) is 5.80. The highest BCUT2D eigenvalue weighted by molar-refractivity contribution is 8.61. The highest BCUT2D eigenvalue weighted by Gasteiger charge is 2.12. The number of allylic oxidation sites excluding steroid dienone is 1. The van der Waals surface area contributed by atoms with Gasteiger partial charge in [-0.1, -0.05) is 17.9 Å². The van der Waals surface area contributed by atoms with Gasteiger partial charge in [-0.3, -0.25) is 0 Å². The van der Waals surface area contributed by atoms with E-state index in [-0.39, 0.29) is 0 Å². The van der Waals surface area contributed by atoms with E-state index in [9.17, 15) is 0 Å². The van der Waals surface area contributed by atoms with Crippen molar-refractivity contribution >= 4 is 29.5 Å². The maximum Gasteiger partial charge on any atom is 0.120 e. The minimum Gasteiger partial charge on any atom is -0.335 e. The normalized spacial score (nSPS) is 16.6. The smallest absolute Gasteiger partial charge is 0.120 e. The summed E-state index contributed by atoms with van der Waals surface area (Å²) in [5.74, 6) is 0. The molecular formula is C8H19NOPS2+. The Morgan fingerprint density at radius 1 is 1.54 bits per heavy atom. The molecule has 13 heavy (non-hydrogen) atoms. The largest absolute Gasteiger partial charge is 0.335 e. The predicted molar refractivity (Wildman–Crippen MR) is 67.2 cm³/mol. The van der Waals surface area contributed by atoms with Gasteiger partial charge in [0.05, 0.1) is 21.1 Å². The Hall–Kier alpha value is 0.660. The average Bonchev–Trinajstić information content (AvgIpc) is 1.82. The van der Waals surface area contributed by atoms with Gasteiger partial charge in [0, 0.05) is 6.16 Å². The summed E-state index contributed by atoms with van der Waals surface area (Å²) < 4.78 is 6.44. The second kappa shape index (κ2) is 5.52.